The predicted octanol–water partition coefficient (Wildman–Crippen LogP) is 3.27. The topological polar surface area (TPSA) is 53.1 Å². The van der Waals surface area contributed by atoms with Gasteiger partial charge in [-0.05, 0) is 43.9 Å². The molecule has 19 heavy (non-hydrogen) atoms. The molecule has 1 aliphatic rings. The molecular weight excluding hydrogens is 241 g/mol. The normalized spacial score (nSPS) is 19.5. The molecule has 1 saturated heterocycles. The highest BCUT2D eigenvalue weighted by Gasteiger charge is 2.24. The molecule has 0 aromatic heterocycles. The third-order valence-electron chi connectivity index (χ3n) is 3.81. The van der Waals surface area contributed by atoms with Crippen molar-refractivity contribution in [1.29, 1.82) is 5.41 Å². The lowest BCUT2D eigenvalue weighted by Crippen LogP contribution is -2.40. The highest BCUT2D eigenvalue weighted by atomic mass is 19.1. The van der Waals surface area contributed by atoms with E-state index < -0.39 is 0 Å². The first kappa shape index (κ1) is 13.8. The summed E-state index contributed by atoms with van der Waals surface area (Å²) in [7, 11) is 0. The van der Waals surface area contributed by atoms with Crippen LogP contribution in [0.4, 0.5) is 10.1 Å². The average Bonchev–Trinajstić information content (AvgIpc) is 2.40. The monoisotopic (exact) mass is 263 g/mol. The van der Waals surface area contributed by atoms with Gasteiger partial charge >= 0.3 is 0 Å². The van der Waals surface area contributed by atoms with Gasteiger partial charge in [0.1, 0.15) is 11.7 Å². The third kappa shape index (κ3) is 3.06. The van der Waals surface area contributed by atoms with E-state index in [1.54, 1.807) is 6.07 Å². The van der Waals surface area contributed by atoms with E-state index in [0.717, 1.165) is 31.5 Å². The van der Waals surface area contributed by atoms with E-state index >= 15 is 0 Å². The molecule has 0 spiro atoms. The molecule has 104 valence electrons. The molecule has 3 nitrogen and oxygen atoms in total. The van der Waals surface area contributed by atoms with Crippen LogP contribution in [-0.4, -0.2) is 18.4 Å². The highest BCUT2D eigenvalue weighted by molar-refractivity contribution is 6.00. The summed E-state index contributed by atoms with van der Waals surface area (Å²) in [5.41, 5.74) is 7.03. The van der Waals surface area contributed by atoms with E-state index in [1.165, 1.54) is 25.0 Å². The highest BCUT2D eigenvalue weighted by Crippen LogP contribution is 2.30. The van der Waals surface area contributed by atoms with Gasteiger partial charge in [0.25, 0.3) is 0 Å². The number of halogens is 1. The summed E-state index contributed by atoms with van der Waals surface area (Å²) in [6, 6.07) is 5.08. The molecule has 1 atom stereocenters. The maximum absolute atomic E-state index is 13.3. The predicted molar refractivity (Wildman–Crippen MR) is 77.3 cm³/mol. The van der Waals surface area contributed by atoms with Gasteiger partial charge < -0.3 is 10.6 Å². The first-order chi connectivity index (χ1) is 9.13. The van der Waals surface area contributed by atoms with Crippen LogP contribution in [0.25, 0.3) is 0 Å². The number of rotatable bonds is 4. The van der Waals surface area contributed by atoms with Crippen molar-refractivity contribution in [3.05, 3.63) is 29.6 Å². The van der Waals surface area contributed by atoms with Gasteiger partial charge in [-0.1, -0.05) is 13.3 Å². The Kier molecular flexibility index (Phi) is 4.40. The van der Waals surface area contributed by atoms with Gasteiger partial charge in [-0.2, -0.15) is 0 Å². The number of nitrogens with zero attached hydrogens (tertiary/aromatic N) is 1. The van der Waals surface area contributed by atoms with E-state index in [2.05, 4.69) is 11.8 Å². The molecule has 1 unspecified atom stereocenters. The van der Waals surface area contributed by atoms with Crippen molar-refractivity contribution >= 4 is 11.5 Å². The van der Waals surface area contributed by atoms with E-state index in [9.17, 15) is 4.39 Å². The molecule has 4 heteroatoms. The van der Waals surface area contributed by atoms with Crippen LogP contribution in [0.15, 0.2) is 18.2 Å². The largest absolute Gasteiger partial charge is 0.384 e. The number of piperidine rings is 1. The molecule has 2 rings (SSSR count). The Morgan fingerprint density at radius 2 is 2.26 bits per heavy atom. The second-order valence-electron chi connectivity index (χ2n) is 5.21. The number of nitrogens with one attached hydrogen (secondary N) is 1. The second kappa shape index (κ2) is 6.04. The van der Waals surface area contributed by atoms with Crippen LogP contribution in [0.2, 0.25) is 0 Å². The summed E-state index contributed by atoms with van der Waals surface area (Å²) in [6.45, 7) is 3.15. The molecule has 0 radical (unpaired) electrons. The van der Waals surface area contributed by atoms with Crippen LogP contribution in [0.3, 0.4) is 0 Å². The molecule has 1 fully saturated rings. The van der Waals surface area contributed by atoms with Crippen molar-refractivity contribution in [2.75, 3.05) is 11.4 Å². The lowest BCUT2D eigenvalue weighted by Gasteiger charge is -2.38. The second-order valence-corrected chi connectivity index (χ2v) is 5.21. The molecule has 1 aromatic carbocycles. The fourth-order valence-corrected chi connectivity index (χ4v) is 2.93. The number of nitrogen functional groups attached to an aromatic ring is 1. The minimum atomic E-state index is -0.335. The van der Waals surface area contributed by atoms with E-state index in [4.69, 9.17) is 11.1 Å². The summed E-state index contributed by atoms with van der Waals surface area (Å²) >= 11 is 0. The summed E-state index contributed by atoms with van der Waals surface area (Å²) in [6.07, 6.45) is 5.84. The number of anilines is 1. The van der Waals surface area contributed by atoms with Crippen LogP contribution in [0.1, 0.15) is 44.6 Å². The lowest BCUT2D eigenvalue weighted by molar-refractivity contribution is 0.434. The lowest BCUT2D eigenvalue weighted by atomic mass is 9.96. The molecule has 3 N–H and O–H groups in total. The molecule has 0 amide bonds. The summed E-state index contributed by atoms with van der Waals surface area (Å²) in [5.74, 6) is -0.395. The Balaban J connectivity index is 2.35. The van der Waals surface area contributed by atoms with Crippen molar-refractivity contribution in [2.45, 2.75) is 45.1 Å². The summed E-state index contributed by atoms with van der Waals surface area (Å²) in [5, 5.41) is 7.64. The fraction of sp³-hybridized carbons (Fsp3) is 0.533. The number of nitrogens with two attached hydrogens (primary N) is 1. The average molecular weight is 263 g/mol. The summed E-state index contributed by atoms with van der Waals surface area (Å²) < 4.78 is 13.3. The Bertz CT molecular complexity index is 457. The van der Waals surface area contributed by atoms with Crippen molar-refractivity contribution in [1.82, 2.24) is 0 Å². The van der Waals surface area contributed by atoms with Crippen LogP contribution in [-0.2, 0) is 0 Å². The quantitative estimate of drug-likeness (QED) is 0.647. The van der Waals surface area contributed by atoms with Gasteiger partial charge in [-0.15, -0.1) is 0 Å². The summed E-state index contributed by atoms with van der Waals surface area (Å²) in [4.78, 5) is 2.31. The molecule has 0 saturated carbocycles. The Morgan fingerprint density at radius 3 is 2.95 bits per heavy atom. The number of hydrogen-bond acceptors (Lipinski definition) is 2. The maximum atomic E-state index is 13.3. The van der Waals surface area contributed by atoms with Gasteiger partial charge in [-0.25, -0.2) is 4.39 Å². The molecule has 0 bridgehead atoms. The first-order valence-electron chi connectivity index (χ1n) is 7.04. The third-order valence-corrected chi connectivity index (χ3v) is 3.81. The van der Waals surface area contributed by atoms with Crippen LogP contribution in [0.5, 0.6) is 0 Å². The van der Waals surface area contributed by atoms with Gasteiger partial charge in [0.2, 0.25) is 0 Å². The zero-order valence-electron chi connectivity index (χ0n) is 11.5. The Morgan fingerprint density at radius 1 is 1.47 bits per heavy atom. The Hall–Kier alpha value is -1.58. The number of amidine groups is 1. The van der Waals surface area contributed by atoms with Gasteiger partial charge in [0, 0.05) is 23.8 Å². The van der Waals surface area contributed by atoms with Crippen molar-refractivity contribution < 1.29 is 4.39 Å². The van der Waals surface area contributed by atoms with Crippen molar-refractivity contribution in [3.63, 3.8) is 0 Å². The minimum absolute atomic E-state index is 0.0599. The van der Waals surface area contributed by atoms with E-state index in [0.29, 0.717) is 11.6 Å². The number of benzene rings is 1. The maximum Gasteiger partial charge on any atom is 0.125 e. The minimum Gasteiger partial charge on any atom is -0.384 e. The standard InChI is InChI=1S/C15H22FN3/c1-2-5-12-6-3-4-9-19(12)14-8-7-11(16)10-13(14)15(17)18/h7-8,10,12H,2-6,9H2,1H3,(H3,17,18). The van der Waals surface area contributed by atoms with Gasteiger partial charge in [-0.3, -0.25) is 5.41 Å². The molecule has 1 aromatic rings. The SMILES string of the molecule is CCCC1CCCCN1c1ccc(F)cc1C(=N)N. The molecular formula is C15H22FN3. The van der Waals surface area contributed by atoms with E-state index in [1.807, 2.05) is 0 Å². The van der Waals surface area contributed by atoms with Crippen LogP contribution in [0, 0.1) is 11.2 Å². The van der Waals surface area contributed by atoms with Crippen LogP contribution >= 0.6 is 0 Å². The number of hydrogen-bond donors (Lipinski definition) is 2. The smallest absolute Gasteiger partial charge is 0.125 e. The van der Waals surface area contributed by atoms with Crippen molar-refractivity contribution in [2.24, 2.45) is 5.73 Å². The zero-order chi connectivity index (χ0) is 13.8. The first-order valence-corrected chi connectivity index (χ1v) is 7.04. The Labute approximate surface area is 114 Å². The van der Waals surface area contributed by atoms with Gasteiger partial charge in [0.05, 0.1) is 0 Å². The molecule has 0 aliphatic carbocycles. The van der Waals surface area contributed by atoms with E-state index in [-0.39, 0.29) is 11.7 Å². The van der Waals surface area contributed by atoms with Gasteiger partial charge in [0.15, 0.2) is 0 Å². The zero-order valence-corrected chi connectivity index (χ0v) is 11.5. The molecule has 1 aliphatic heterocycles. The van der Waals surface area contributed by atoms with Crippen LogP contribution < -0.4 is 10.6 Å². The fourth-order valence-electron chi connectivity index (χ4n) is 2.93. The van der Waals surface area contributed by atoms with Crippen molar-refractivity contribution in [3.8, 4) is 0 Å². The molecule has 1 heterocycles.